The van der Waals surface area contributed by atoms with Gasteiger partial charge in [-0.25, -0.2) is 27.3 Å². The van der Waals surface area contributed by atoms with E-state index >= 15 is 0 Å². The van der Waals surface area contributed by atoms with Crippen LogP contribution in [0.15, 0.2) is 34.8 Å². The summed E-state index contributed by atoms with van der Waals surface area (Å²) in [6, 6.07) is 4.44. The summed E-state index contributed by atoms with van der Waals surface area (Å²) in [4.78, 5) is 15.7. The molecule has 0 radical (unpaired) electrons. The predicted molar refractivity (Wildman–Crippen MR) is 118 cm³/mol. The van der Waals surface area contributed by atoms with Crippen LogP contribution < -0.4 is 4.72 Å². The number of nitrogens with one attached hydrogen (secondary N) is 1. The molecule has 11 heteroatoms. The number of benzene rings is 1. The Balaban J connectivity index is 2.10. The second kappa shape index (κ2) is 8.97. The van der Waals surface area contributed by atoms with Gasteiger partial charge in [0.15, 0.2) is 0 Å². The van der Waals surface area contributed by atoms with Crippen molar-refractivity contribution in [3.8, 4) is 11.1 Å². The monoisotopic (exact) mass is 485 g/mol. The van der Waals surface area contributed by atoms with Gasteiger partial charge in [-0.2, -0.15) is 0 Å². The Morgan fingerprint density at radius 3 is 2.65 bits per heavy atom. The van der Waals surface area contributed by atoms with Crippen LogP contribution in [0.4, 0.5) is 9.18 Å². The summed E-state index contributed by atoms with van der Waals surface area (Å²) in [6.45, 7) is 5.93. The first-order chi connectivity index (χ1) is 14.5. The van der Waals surface area contributed by atoms with E-state index in [1.807, 2.05) is 13.8 Å². The Morgan fingerprint density at radius 1 is 1.39 bits per heavy atom. The summed E-state index contributed by atoms with van der Waals surface area (Å²) < 4.78 is 43.3. The molecule has 0 fully saturated rings. The van der Waals surface area contributed by atoms with Gasteiger partial charge < -0.3 is 9.67 Å². The molecule has 3 rings (SSSR count). The molecule has 2 aromatic heterocycles. The van der Waals surface area contributed by atoms with Crippen molar-refractivity contribution in [3.63, 3.8) is 0 Å². The quantitative estimate of drug-likeness (QED) is 0.494. The lowest BCUT2D eigenvalue weighted by Gasteiger charge is -2.10. The lowest BCUT2D eigenvalue weighted by atomic mass is 9.99. The van der Waals surface area contributed by atoms with Crippen LogP contribution in [0.1, 0.15) is 29.9 Å². The van der Waals surface area contributed by atoms with Gasteiger partial charge in [0.2, 0.25) is 5.28 Å². The molecule has 0 aliphatic heterocycles. The normalized spacial score (nSPS) is 11.8. The first kappa shape index (κ1) is 23.2. The largest absolute Gasteiger partial charge is 0.464 e. The van der Waals surface area contributed by atoms with Crippen molar-refractivity contribution in [2.24, 2.45) is 5.92 Å². The number of amides is 1. The molecule has 2 heterocycles. The van der Waals surface area contributed by atoms with Crippen molar-refractivity contribution in [2.45, 2.75) is 37.9 Å². The molecule has 3 aromatic rings. The van der Waals surface area contributed by atoms with Crippen LogP contribution in [-0.2, 0) is 23.0 Å². The smallest absolute Gasteiger partial charge is 0.418 e. The Kier molecular flexibility index (Phi) is 6.73. The number of sulfonamides is 1. The third-order valence-corrected chi connectivity index (χ3v) is 8.09. The molecule has 0 aliphatic rings. The summed E-state index contributed by atoms with van der Waals surface area (Å²) in [5.41, 5.74) is 1.70. The lowest BCUT2D eigenvalue weighted by Crippen LogP contribution is -2.28. The highest BCUT2D eigenvalue weighted by atomic mass is 35.5. The number of hydrogen-bond donors (Lipinski definition) is 2. The van der Waals surface area contributed by atoms with Crippen LogP contribution in [0.2, 0.25) is 5.28 Å². The molecule has 2 N–H and O–H groups in total. The van der Waals surface area contributed by atoms with E-state index in [2.05, 4.69) is 4.98 Å². The van der Waals surface area contributed by atoms with Gasteiger partial charge in [-0.15, -0.1) is 11.3 Å². The van der Waals surface area contributed by atoms with E-state index in [-0.39, 0.29) is 22.0 Å². The van der Waals surface area contributed by atoms with Gasteiger partial charge in [0.1, 0.15) is 10.0 Å². The molecule has 1 amide bonds. The number of carbonyl (C=O) groups is 1. The summed E-state index contributed by atoms with van der Waals surface area (Å²) in [7, 11) is -4.33. The number of carboxylic acid groups (broad SMARTS) is 1. The maximum Gasteiger partial charge on any atom is 0.418 e. The van der Waals surface area contributed by atoms with Crippen molar-refractivity contribution in [3.05, 3.63) is 57.7 Å². The van der Waals surface area contributed by atoms with Crippen molar-refractivity contribution in [2.75, 3.05) is 0 Å². The maximum absolute atomic E-state index is 14.9. The van der Waals surface area contributed by atoms with Crippen LogP contribution in [0.5, 0.6) is 0 Å². The van der Waals surface area contributed by atoms with Crippen molar-refractivity contribution >= 4 is 39.1 Å². The first-order valence-corrected chi connectivity index (χ1v) is 12.0. The number of rotatable bonds is 7. The van der Waals surface area contributed by atoms with Gasteiger partial charge in [-0.05, 0) is 48.1 Å². The SMILES string of the molecule is Cc1c(CC(C)C)sc(S(=O)(=O)NC(=O)O)c1-c1ccc(Cn2ccnc2Cl)c(F)c1. The Morgan fingerprint density at radius 2 is 2.10 bits per heavy atom. The van der Waals surface area contributed by atoms with Crippen molar-refractivity contribution in [1.29, 1.82) is 0 Å². The minimum atomic E-state index is -4.33. The second-order valence-corrected chi connectivity index (χ2v) is 10.8. The molecule has 0 saturated carbocycles. The molecule has 31 heavy (non-hydrogen) atoms. The molecule has 0 spiro atoms. The lowest BCUT2D eigenvalue weighted by molar-refractivity contribution is 0.201. The first-order valence-electron chi connectivity index (χ1n) is 9.33. The Bertz CT molecular complexity index is 1240. The zero-order valence-corrected chi connectivity index (χ0v) is 19.4. The molecule has 0 saturated heterocycles. The molecule has 166 valence electrons. The summed E-state index contributed by atoms with van der Waals surface area (Å²) >= 11 is 6.96. The minimum absolute atomic E-state index is 0.146. The van der Waals surface area contributed by atoms with Crippen LogP contribution in [0.3, 0.4) is 0 Å². The molecule has 0 unspecified atom stereocenters. The fraction of sp³-hybridized carbons (Fsp3) is 0.300. The number of halogens is 2. The van der Waals surface area contributed by atoms with E-state index in [0.29, 0.717) is 28.7 Å². The summed E-state index contributed by atoms with van der Waals surface area (Å²) in [5.74, 6) is -0.278. The van der Waals surface area contributed by atoms with Crippen LogP contribution in [0, 0.1) is 18.7 Å². The highest BCUT2D eigenvalue weighted by Gasteiger charge is 2.28. The fourth-order valence-electron chi connectivity index (χ4n) is 3.23. The second-order valence-electron chi connectivity index (χ2n) is 7.45. The third-order valence-electron chi connectivity index (χ3n) is 4.62. The molecular weight excluding hydrogens is 465 g/mol. The molecule has 0 atom stereocenters. The van der Waals surface area contributed by atoms with Gasteiger partial charge >= 0.3 is 6.09 Å². The standard InChI is InChI=1S/C20H21ClFN3O4S2/c1-11(2)8-16-12(3)17(18(30-16)31(28,29)24-20(26)27)13-4-5-14(15(22)9-13)10-25-7-6-23-19(25)21/h4-7,9,11,24H,8,10H2,1-3H3,(H,26,27). The van der Waals surface area contributed by atoms with E-state index in [0.717, 1.165) is 16.2 Å². The molecule has 0 aliphatic carbocycles. The van der Waals surface area contributed by atoms with Crippen LogP contribution in [-0.4, -0.2) is 29.2 Å². The number of hydrogen-bond acceptors (Lipinski definition) is 5. The van der Waals surface area contributed by atoms with E-state index in [1.54, 1.807) is 34.5 Å². The highest BCUT2D eigenvalue weighted by molar-refractivity contribution is 7.92. The van der Waals surface area contributed by atoms with E-state index in [1.165, 1.54) is 12.3 Å². The number of nitrogens with zero attached hydrogens (tertiary/aromatic N) is 2. The minimum Gasteiger partial charge on any atom is -0.464 e. The van der Waals surface area contributed by atoms with Gasteiger partial charge in [-0.3, -0.25) is 0 Å². The number of aromatic nitrogens is 2. The third kappa shape index (κ3) is 5.08. The van der Waals surface area contributed by atoms with Crippen LogP contribution in [0.25, 0.3) is 11.1 Å². The topological polar surface area (TPSA) is 101 Å². The average molecular weight is 486 g/mol. The number of thiophene rings is 1. The van der Waals surface area contributed by atoms with Gasteiger partial charge in [0.25, 0.3) is 10.0 Å². The molecule has 7 nitrogen and oxygen atoms in total. The van der Waals surface area contributed by atoms with Gasteiger partial charge in [0, 0.05) is 28.4 Å². The zero-order chi connectivity index (χ0) is 22.9. The molecule has 1 aromatic carbocycles. The Hall–Kier alpha value is -2.43. The zero-order valence-electron chi connectivity index (χ0n) is 17.0. The van der Waals surface area contributed by atoms with E-state index < -0.39 is 21.9 Å². The summed E-state index contributed by atoms with van der Waals surface area (Å²) in [5, 5.41) is 9.18. The highest BCUT2D eigenvalue weighted by Crippen LogP contribution is 2.40. The summed E-state index contributed by atoms with van der Waals surface area (Å²) in [6.07, 6.45) is 2.07. The van der Waals surface area contributed by atoms with Gasteiger partial charge in [-0.1, -0.05) is 26.0 Å². The van der Waals surface area contributed by atoms with Crippen LogP contribution >= 0.6 is 22.9 Å². The van der Waals surface area contributed by atoms with Crippen molar-refractivity contribution in [1.82, 2.24) is 14.3 Å². The molecular formula is C20H21ClFN3O4S2. The maximum atomic E-state index is 14.9. The Labute approximate surface area is 188 Å². The fourth-order valence-corrected chi connectivity index (χ4v) is 6.39. The van der Waals surface area contributed by atoms with E-state index in [4.69, 9.17) is 16.7 Å². The molecule has 0 bridgehead atoms. The van der Waals surface area contributed by atoms with Gasteiger partial charge in [0.05, 0.1) is 6.54 Å². The predicted octanol–water partition coefficient (Wildman–Crippen LogP) is 4.92. The van der Waals surface area contributed by atoms with E-state index in [9.17, 15) is 17.6 Å². The van der Waals surface area contributed by atoms with Crippen molar-refractivity contribution < 1.29 is 22.7 Å². The average Bonchev–Trinajstić information content (AvgIpc) is 3.19. The number of imidazole rings is 1.